The maximum Gasteiger partial charge on any atom is 0.220 e. The van der Waals surface area contributed by atoms with Gasteiger partial charge in [-0.1, -0.05) is 18.2 Å². The molecule has 1 amide bonds. The Balaban J connectivity index is 2.35. The molecular weight excluding hydrogens is 209 g/mol. The highest BCUT2D eigenvalue weighted by Crippen LogP contribution is 2.05. The SMILES string of the molecule is CC(O)CCC(=O)NCc1ccccc1F. The Kier molecular flexibility index (Phi) is 4.92. The van der Waals surface area contributed by atoms with E-state index in [0.717, 1.165) is 0 Å². The lowest BCUT2D eigenvalue weighted by Crippen LogP contribution is -2.24. The lowest BCUT2D eigenvalue weighted by Gasteiger charge is -2.07. The molecule has 0 aromatic heterocycles. The second-order valence-corrected chi connectivity index (χ2v) is 3.76. The Labute approximate surface area is 94.3 Å². The van der Waals surface area contributed by atoms with Crippen molar-refractivity contribution in [1.82, 2.24) is 5.32 Å². The first-order chi connectivity index (χ1) is 7.59. The lowest BCUT2D eigenvalue weighted by molar-refractivity contribution is -0.121. The van der Waals surface area contributed by atoms with Crippen LogP contribution in [0, 0.1) is 5.82 Å². The van der Waals surface area contributed by atoms with Crippen LogP contribution in [0.2, 0.25) is 0 Å². The monoisotopic (exact) mass is 225 g/mol. The number of rotatable bonds is 5. The summed E-state index contributed by atoms with van der Waals surface area (Å²) >= 11 is 0. The molecule has 0 aliphatic heterocycles. The predicted octanol–water partition coefficient (Wildman–Crippen LogP) is 1.60. The summed E-state index contributed by atoms with van der Waals surface area (Å²) < 4.78 is 13.2. The Morgan fingerprint density at radius 1 is 1.50 bits per heavy atom. The number of nitrogens with one attached hydrogen (secondary N) is 1. The zero-order chi connectivity index (χ0) is 12.0. The van der Waals surface area contributed by atoms with Crippen molar-refractivity contribution in [3.8, 4) is 0 Å². The first-order valence-corrected chi connectivity index (χ1v) is 5.27. The molecule has 1 aromatic rings. The first-order valence-electron chi connectivity index (χ1n) is 5.27. The highest BCUT2D eigenvalue weighted by Gasteiger charge is 2.05. The molecule has 4 heteroatoms. The summed E-state index contributed by atoms with van der Waals surface area (Å²) in [4.78, 5) is 11.3. The molecular formula is C12H16FNO2. The summed E-state index contributed by atoms with van der Waals surface area (Å²) in [5.74, 6) is -0.498. The number of aliphatic hydroxyl groups excluding tert-OH is 1. The van der Waals surface area contributed by atoms with Gasteiger partial charge in [0, 0.05) is 18.5 Å². The van der Waals surface area contributed by atoms with Gasteiger partial charge < -0.3 is 10.4 Å². The van der Waals surface area contributed by atoms with Crippen molar-refractivity contribution in [2.45, 2.75) is 32.4 Å². The van der Waals surface area contributed by atoms with Gasteiger partial charge in [0.05, 0.1) is 6.10 Å². The van der Waals surface area contributed by atoms with Gasteiger partial charge in [0.15, 0.2) is 0 Å². The molecule has 0 aliphatic carbocycles. The third-order valence-electron chi connectivity index (χ3n) is 2.22. The molecule has 16 heavy (non-hydrogen) atoms. The van der Waals surface area contributed by atoms with Gasteiger partial charge in [0.1, 0.15) is 5.82 Å². The second-order valence-electron chi connectivity index (χ2n) is 3.76. The van der Waals surface area contributed by atoms with Crippen molar-refractivity contribution >= 4 is 5.91 Å². The van der Waals surface area contributed by atoms with Gasteiger partial charge >= 0.3 is 0 Å². The second kappa shape index (κ2) is 6.23. The number of carbonyl (C=O) groups is 1. The maximum atomic E-state index is 13.2. The standard InChI is InChI=1S/C12H16FNO2/c1-9(15)6-7-12(16)14-8-10-4-2-3-5-11(10)13/h2-5,9,15H,6-8H2,1H3,(H,14,16). The minimum Gasteiger partial charge on any atom is -0.393 e. The van der Waals surface area contributed by atoms with E-state index in [0.29, 0.717) is 12.0 Å². The van der Waals surface area contributed by atoms with E-state index in [9.17, 15) is 9.18 Å². The Hall–Kier alpha value is -1.42. The van der Waals surface area contributed by atoms with E-state index in [1.807, 2.05) is 0 Å². The fraction of sp³-hybridized carbons (Fsp3) is 0.417. The average Bonchev–Trinajstić information content (AvgIpc) is 2.25. The van der Waals surface area contributed by atoms with Crippen molar-refractivity contribution in [3.05, 3.63) is 35.6 Å². The molecule has 0 spiro atoms. The zero-order valence-corrected chi connectivity index (χ0v) is 9.24. The molecule has 0 bridgehead atoms. The fourth-order valence-electron chi connectivity index (χ4n) is 1.26. The molecule has 0 heterocycles. The van der Waals surface area contributed by atoms with E-state index >= 15 is 0 Å². The topological polar surface area (TPSA) is 49.3 Å². The molecule has 0 saturated carbocycles. The number of benzene rings is 1. The quantitative estimate of drug-likeness (QED) is 0.799. The fourth-order valence-corrected chi connectivity index (χ4v) is 1.26. The van der Waals surface area contributed by atoms with Crippen LogP contribution in [-0.4, -0.2) is 17.1 Å². The van der Waals surface area contributed by atoms with Crippen LogP contribution in [0.3, 0.4) is 0 Å². The van der Waals surface area contributed by atoms with Crippen LogP contribution in [0.25, 0.3) is 0 Å². The number of amides is 1. The normalized spacial score (nSPS) is 12.2. The van der Waals surface area contributed by atoms with E-state index in [-0.39, 0.29) is 24.7 Å². The minimum atomic E-state index is -0.487. The van der Waals surface area contributed by atoms with Crippen LogP contribution in [0.15, 0.2) is 24.3 Å². The molecule has 1 unspecified atom stereocenters. The molecule has 0 radical (unpaired) electrons. The predicted molar refractivity (Wildman–Crippen MR) is 59.2 cm³/mol. The molecule has 1 rings (SSSR count). The van der Waals surface area contributed by atoms with Crippen molar-refractivity contribution < 1.29 is 14.3 Å². The summed E-state index contributed by atoms with van der Waals surface area (Å²) in [6.07, 6.45) is 0.189. The Bertz CT molecular complexity index is 353. The third-order valence-corrected chi connectivity index (χ3v) is 2.22. The summed E-state index contributed by atoms with van der Waals surface area (Å²) in [6, 6.07) is 6.32. The van der Waals surface area contributed by atoms with Crippen molar-refractivity contribution in [3.63, 3.8) is 0 Å². The van der Waals surface area contributed by atoms with Crippen LogP contribution < -0.4 is 5.32 Å². The summed E-state index contributed by atoms with van der Waals surface area (Å²) in [5.41, 5.74) is 0.466. The summed E-state index contributed by atoms with van der Waals surface area (Å²) in [6.45, 7) is 1.81. The lowest BCUT2D eigenvalue weighted by atomic mass is 10.2. The number of hydrogen-bond donors (Lipinski definition) is 2. The third kappa shape index (κ3) is 4.40. The van der Waals surface area contributed by atoms with Gasteiger partial charge in [-0.3, -0.25) is 4.79 Å². The van der Waals surface area contributed by atoms with E-state index in [4.69, 9.17) is 5.11 Å². The van der Waals surface area contributed by atoms with E-state index in [1.165, 1.54) is 6.07 Å². The van der Waals surface area contributed by atoms with E-state index in [1.54, 1.807) is 25.1 Å². The number of aliphatic hydroxyl groups is 1. The molecule has 2 N–H and O–H groups in total. The van der Waals surface area contributed by atoms with Crippen molar-refractivity contribution in [1.29, 1.82) is 0 Å². The van der Waals surface area contributed by atoms with Gasteiger partial charge in [-0.25, -0.2) is 4.39 Å². The number of halogens is 1. The molecule has 3 nitrogen and oxygen atoms in total. The van der Waals surface area contributed by atoms with Crippen molar-refractivity contribution in [2.75, 3.05) is 0 Å². The molecule has 0 fully saturated rings. The zero-order valence-electron chi connectivity index (χ0n) is 9.24. The van der Waals surface area contributed by atoms with Gasteiger partial charge in [0.2, 0.25) is 5.91 Å². The minimum absolute atomic E-state index is 0.177. The molecule has 0 aliphatic rings. The Morgan fingerprint density at radius 3 is 2.81 bits per heavy atom. The van der Waals surface area contributed by atoms with E-state index in [2.05, 4.69) is 5.32 Å². The largest absolute Gasteiger partial charge is 0.393 e. The van der Waals surface area contributed by atoms with Crippen LogP contribution in [-0.2, 0) is 11.3 Å². The van der Waals surface area contributed by atoms with Gasteiger partial charge in [-0.15, -0.1) is 0 Å². The van der Waals surface area contributed by atoms with Gasteiger partial charge in [0.25, 0.3) is 0 Å². The molecule has 0 saturated heterocycles. The highest BCUT2D eigenvalue weighted by molar-refractivity contribution is 5.75. The molecule has 1 atom stereocenters. The summed E-state index contributed by atoms with van der Waals surface area (Å²) in [7, 11) is 0. The first kappa shape index (κ1) is 12.6. The van der Waals surface area contributed by atoms with Crippen molar-refractivity contribution in [2.24, 2.45) is 0 Å². The van der Waals surface area contributed by atoms with Crippen LogP contribution in [0.1, 0.15) is 25.3 Å². The average molecular weight is 225 g/mol. The van der Waals surface area contributed by atoms with Crippen LogP contribution >= 0.6 is 0 Å². The molecule has 1 aromatic carbocycles. The van der Waals surface area contributed by atoms with Crippen LogP contribution in [0.5, 0.6) is 0 Å². The highest BCUT2D eigenvalue weighted by atomic mass is 19.1. The smallest absolute Gasteiger partial charge is 0.220 e. The van der Waals surface area contributed by atoms with Gasteiger partial charge in [-0.2, -0.15) is 0 Å². The van der Waals surface area contributed by atoms with Gasteiger partial charge in [-0.05, 0) is 19.4 Å². The van der Waals surface area contributed by atoms with Crippen LogP contribution in [0.4, 0.5) is 4.39 Å². The number of hydrogen-bond acceptors (Lipinski definition) is 2. The molecule has 88 valence electrons. The van der Waals surface area contributed by atoms with E-state index < -0.39 is 6.10 Å². The Morgan fingerprint density at radius 2 is 2.19 bits per heavy atom. The number of carbonyl (C=O) groups excluding carboxylic acids is 1. The summed E-state index contributed by atoms with van der Waals surface area (Å²) in [5, 5.41) is 11.6. The maximum absolute atomic E-state index is 13.2.